The number of halogens is 2. The number of furan rings is 1. The molecule has 0 aliphatic heterocycles. The third kappa shape index (κ3) is 2.95. The first-order valence-corrected chi connectivity index (χ1v) is 7.11. The first-order chi connectivity index (χ1) is 9.60. The van der Waals surface area contributed by atoms with Crippen molar-refractivity contribution < 1.29 is 13.9 Å². The normalized spacial score (nSPS) is 12.2. The minimum atomic E-state index is -0.181. The van der Waals surface area contributed by atoms with Gasteiger partial charge in [-0.3, -0.25) is 0 Å². The monoisotopic (exact) mass is 359 g/mol. The average molecular weight is 361 g/mol. The van der Waals surface area contributed by atoms with Gasteiger partial charge in [0.15, 0.2) is 5.22 Å². The van der Waals surface area contributed by atoms with Crippen molar-refractivity contribution >= 4 is 27.5 Å². The molecule has 2 aromatic rings. The molecule has 0 spiro atoms. The van der Waals surface area contributed by atoms with Gasteiger partial charge in [-0.2, -0.15) is 0 Å². The van der Waals surface area contributed by atoms with Gasteiger partial charge < -0.3 is 19.2 Å². The molecule has 0 amide bonds. The van der Waals surface area contributed by atoms with Gasteiger partial charge in [0.2, 0.25) is 0 Å². The molecule has 2 rings (SSSR count). The van der Waals surface area contributed by atoms with Gasteiger partial charge in [0.05, 0.1) is 24.7 Å². The van der Waals surface area contributed by atoms with Gasteiger partial charge in [0, 0.05) is 5.56 Å². The molecule has 0 saturated heterocycles. The molecule has 1 atom stereocenters. The number of hydrogen-bond acceptors (Lipinski definition) is 4. The van der Waals surface area contributed by atoms with E-state index in [-0.39, 0.29) is 6.04 Å². The van der Waals surface area contributed by atoms with Crippen LogP contribution >= 0.6 is 27.5 Å². The smallest absolute Gasteiger partial charge is 0.193 e. The summed E-state index contributed by atoms with van der Waals surface area (Å²) in [5, 5.41) is 3.54. The van der Waals surface area contributed by atoms with E-state index in [9.17, 15) is 0 Å². The highest BCUT2D eigenvalue weighted by molar-refractivity contribution is 9.10. The van der Waals surface area contributed by atoms with Crippen LogP contribution in [0, 0.1) is 0 Å². The van der Waals surface area contributed by atoms with Gasteiger partial charge in [-0.15, -0.1) is 0 Å². The fourth-order valence-corrected chi connectivity index (χ4v) is 2.68. The zero-order chi connectivity index (χ0) is 14.7. The summed E-state index contributed by atoms with van der Waals surface area (Å²) in [5.41, 5.74) is 0.904. The van der Waals surface area contributed by atoms with E-state index >= 15 is 0 Å². The van der Waals surface area contributed by atoms with Crippen LogP contribution in [-0.4, -0.2) is 21.3 Å². The van der Waals surface area contributed by atoms with Crippen LogP contribution in [0.5, 0.6) is 11.5 Å². The SMILES string of the molecule is CNC(c1ccc(Cl)o1)c1cc(OC)c(Br)cc1OC. The fourth-order valence-electron chi connectivity index (χ4n) is 2.04. The molecule has 0 saturated carbocycles. The summed E-state index contributed by atoms with van der Waals surface area (Å²) in [5.74, 6) is 2.16. The summed E-state index contributed by atoms with van der Waals surface area (Å²) in [6.07, 6.45) is 0. The Bertz CT molecular complexity index is 600. The van der Waals surface area contributed by atoms with Crippen molar-refractivity contribution in [1.29, 1.82) is 0 Å². The maximum Gasteiger partial charge on any atom is 0.193 e. The topological polar surface area (TPSA) is 43.6 Å². The molecule has 4 nitrogen and oxygen atoms in total. The number of rotatable bonds is 5. The van der Waals surface area contributed by atoms with E-state index in [1.165, 1.54) is 0 Å². The second-order valence-corrected chi connectivity index (χ2v) is 5.32. The molecule has 1 N–H and O–H groups in total. The molecule has 0 aliphatic carbocycles. The van der Waals surface area contributed by atoms with Crippen molar-refractivity contribution in [3.63, 3.8) is 0 Å². The molecule has 0 radical (unpaired) electrons. The zero-order valence-electron chi connectivity index (χ0n) is 11.4. The zero-order valence-corrected chi connectivity index (χ0v) is 13.7. The van der Waals surface area contributed by atoms with Crippen molar-refractivity contribution in [3.8, 4) is 11.5 Å². The molecule has 1 aromatic heterocycles. The molecule has 1 unspecified atom stereocenters. The molecule has 0 fully saturated rings. The average Bonchev–Trinajstić information content (AvgIpc) is 2.87. The highest BCUT2D eigenvalue weighted by Gasteiger charge is 2.22. The number of ether oxygens (including phenoxy) is 2. The lowest BCUT2D eigenvalue weighted by molar-refractivity contribution is 0.386. The van der Waals surface area contributed by atoms with Gasteiger partial charge in [0.25, 0.3) is 0 Å². The highest BCUT2D eigenvalue weighted by atomic mass is 79.9. The molecule has 108 valence electrons. The quantitative estimate of drug-likeness (QED) is 0.874. The predicted octanol–water partition coefficient (Wildman–Crippen LogP) is 4.02. The number of methoxy groups -OCH3 is 2. The predicted molar refractivity (Wildman–Crippen MR) is 81.9 cm³/mol. The van der Waals surface area contributed by atoms with Gasteiger partial charge in [-0.25, -0.2) is 0 Å². The summed E-state index contributed by atoms with van der Waals surface area (Å²) < 4.78 is 17.1. The Balaban J connectivity index is 2.53. The van der Waals surface area contributed by atoms with E-state index in [4.69, 9.17) is 25.5 Å². The third-order valence-electron chi connectivity index (χ3n) is 2.98. The van der Waals surface area contributed by atoms with Crippen molar-refractivity contribution in [3.05, 3.63) is 45.3 Å². The minimum Gasteiger partial charge on any atom is -0.496 e. The summed E-state index contributed by atoms with van der Waals surface area (Å²) in [6, 6.07) is 7.13. The minimum absolute atomic E-state index is 0.181. The number of benzene rings is 1. The summed E-state index contributed by atoms with van der Waals surface area (Å²) in [7, 11) is 5.09. The highest BCUT2D eigenvalue weighted by Crippen LogP contribution is 2.38. The summed E-state index contributed by atoms with van der Waals surface area (Å²) in [4.78, 5) is 0. The second-order valence-electron chi connectivity index (χ2n) is 4.09. The largest absolute Gasteiger partial charge is 0.496 e. The van der Waals surface area contributed by atoms with Crippen molar-refractivity contribution in [1.82, 2.24) is 5.32 Å². The molecule has 0 bridgehead atoms. The first kappa shape index (κ1) is 15.2. The Morgan fingerprint density at radius 3 is 2.40 bits per heavy atom. The molecule has 6 heteroatoms. The van der Waals surface area contributed by atoms with Gasteiger partial charge in [-0.05, 0) is 58.8 Å². The third-order valence-corrected chi connectivity index (χ3v) is 3.81. The van der Waals surface area contributed by atoms with E-state index in [0.717, 1.165) is 21.5 Å². The van der Waals surface area contributed by atoms with Crippen LogP contribution in [0.25, 0.3) is 0 Å². The van der Waals surface area contributed by atoms with Crippen LogP contribution < -0.4 is 14.8 Å². The Labute approximate surface area is 131 Å². The molecule has 20 heavy (non-hydrogen) atoms. The molecule has 1 heterocycles. The van der Waals surface area contributed by atoms with Crippen LogP contribution in [0.2, 0.25) is 5.22 Å². The Morgan fingerprint density at radius 1 is 1.20 bits per heavy atom. The van der Waals surface area contributed by atoms with E-state index in [2.05, 4.69) is 21.2 Å². The molecule has 0 aliphatic rings. The maximum atomic E-state index is 5.85. The van der Waals surface area contributed by atoms with E-state index in [0.29, 0.717) is 11.0 Å². The fraction of sp³-hybridized carbons (Fsp3) is 0.286. The number of hydrogen-bond donors (Lipinski definition) is 1. The van der Waals surface area contributed by atoms with Gasteiger partial charge in [-0.1, -0.05) is 0 Å². The van der Waals surface area contributed by atoms with Crippen LogP contribution in [0.4, 0.5) is 0 Å². The standard InChI is InChI=1S/C14H15BrClNO3/c1-17-14(10-4-5-13(16)20-10)8-6-12(19-3)9(15)7-11(8)18-2/h4-7,14,17H,1-3H3. The van der Waals surface area contributed by atoms with E-state index in [1.54, 1.807) is 20.3 Å². The number of nitrogens with one attached hydrogen (secondary N) is 1. The van der Waals surface area contributed by atoms with E-state index < -0.39 is 0 Å². The van der Waals surface area contributed by atoms with Crippen LogP contribution in [-0.2, 0) is 0 Å². The van der Waals surface area contributed by atoms with Gasteiger partial charge in [0.1, 0.15) is 17.3 Å². The van der Waals surface area contributed by atoms with Crippen LogP contribution in [0.15, 0.2) is 33.2 Å². The Kier molecular flexibility index (Phi) is 4.96. The molecular weight excluding hydrogens is 346 g/mol. The van der Waals surface area contributed by atoms with Crippen LogP contribution in [0.1, 0.15) is 17.4 Å². The van der Waals surface area contributed by atoms with Crippen molar-refractivity contribution in [2.45, 2.75) is 6.04 Å². The lowest BCUT2D eigenvalue weighted by Crippen LogP contribution is -2.18. The lowest BCUT2D eigenvalue weighted by atomic mass is 10.0. The van der Waals surface area contributed by atoms with Crippen molar-refractivity contribution in [2.24, 2.45) is 0 Å². The van der Waals surface area contributed by atoms with E-state index in [1.807, 2.05) is 25.2 Å². The Morgan fingerprint density at radius 2 is 1.90 bits per heavy atom. The van der Waals surface area contributed by atoms with Gasteiger partial charge >= 0.3 is 0 Å². The summed E-state index contributed by atoms with van der Waals surface area (Å²) >= 11 is 9.29. The molecular formula is C14H15BrClNO3. The van der Waals surface area contributed by atoms with Crippen LogP contribution in [0.3, 0.4) is 0 Å². The maximum absolute atomic E-state index is 5.85. The first-order valence-electron chi connectivity index (χ1n) is 5.94. The summed E-state index contributed by atoms with van der Waals surface area (Å²) in [6.45, 7) is 0. The second kappa shape index (κ2) is 6.52. The van der Waals surface area contributed by atoms with Crippen molar-refractivity contribution in [2.75, 3.05) is 21.3 Å². The lowest BCUT2D eigenvalue weighted by Gasteiger charge is -2.19. The molecule has 1 aromatic carbocycles. The Hall–Kier alpha value is -1.17.